The van der Waals surface area contributed by atoms with Crippen LogP contribution in [0.2, 0.25) is 0 Å². The summed E-state index contributed by atoms with van der Waals surface area (Å²) in [5.41, 5.74) is 6.54. The molecule has 1 aliphatic rings. The highest BCUT2D eigenvalue weighted by Crippen LogP contribution is 2.26. The van der Waals surface area contributed by atoms with Gasteiger partial charge in [-0.1, -0.05) is 0 Å². The first kappa shape index (κ1) is 13.7. The second-order valence-electron chi connectivity index (χ2n) is 5.13. The molecule has 2 rings (SSSR count). The zero-order valence-corrected chi connectivity index (χ0v) is 11.5. The molecule has 1 aromatic carbocycles. The van der Waals surface area contributed by atoms with Crippen molar-refractivity contribution in [2.75, 3.05) is 24.7 Å². The first-order valence-corrected chi connectivity index (χ1v) is 6.55. The number of methoxy groups -OCH3 is 1. The molecule has 1 heterocycles. The molecule has 0 radical (unpaired) electrons. The van der Waals surface area contributed by atoms with Crippen LogP contribution in [0.1, 0.15) is 26.2 Å². The zero-order chi connectivity index (χ0) is 13.9. The quantitative estimate of drug-likeness (QED) is 0.726. The topological polar surface area (TPSA) is 76.4 Å². The van der Waals surface area contributed by atoms with Crippen molar-refractivity contribution < 1.29 is 9.53 Å². The third kappa shape index (κ3) is 2.98. The van der Waals surface area contributed by atoms with Crippen LogP contribution in [-0.2, 0) is 4.79 Å². The van der Waals surface area contributed by atoms with Crippen LogP contribution in [0.15, 0.2) is 18.2 Å². The molecule has 1 atom stereocenters. The molecule has 0 spiro atoms. The number of amides is 1. The van der Waals surface area contributed by atoms with Gasteiger partial charge in [-0.15, -0.1) is 0 Å². The molecule has 19 heavy (non-hydrogen) atoms. The third-order valence-electron chi connectivity index (χ3n) is 3.61. The van der Waals surface area contributed by atoms with Crippen LogP contribution in [0, 0.1) is 0 Å². The Morgan fingerprint density at radius 2 is 2.26 bits per heavy atom. The fraction of sp³-hybridized carbons (Fsp3) is 0.500. The Labute approximate surface area is 113 Å². The Balaban J connectivity index is 2.08. The van der Waals surface area contributed by atoms with Crippen molar-refractivity contribution in [2.45, 2.75) is 31.7 Å². The van der Waals surface area contributed by atoms with Crippen molar-refractivity contribution in [3.05, 3.63) is 18.2 Å². The summed E-state index contributed by atoms with van der Waals surface area (Å²) in [6, 6.07) is 5.25. The molecular formula is C14H21N3O2. The smallest absolute Gasteiger partial charge is 0.244 e. The molecule has 104 valence electrons. The largest absolute Gasteiger partial charge is 0.495 e. The minimum atomic E-state index is -0.493. The van der Waals surface area contributed by atoms with Crippen LogP contribution in [0.4, 0.5) is 11.4 Å². The summed E-state index contributed by atoms with van der Waals surface area (Å²) in [6.45, 7) is 2.82. The van der Waals surface area contributed by atoms with Gasteiger partial charge in [0.1, 0.15) is 5.75 Å². The van der Waals surface area contributed by atoms with Crippen LogP contribution in [-0.4, -0.2) is 25.1 Å². The predicted octanol–water partition coefficient (Wildman–Crippen LogP) is 1.75. The van der Waals surface area contributed by atoms with Gasteiger partial charge in [-0.3, -0.25) is 4.79 Å². The van der Waals surface area contributed by atoms with E-state index in [0.717, 1.165) is 25.8 Å². The molecular weight excluding hydrogens is 242 g/mol. The number of hydrogen-bond acceptors (Lipinski definition) is 4. The minimum absolute atomic E-state index is 0.0169. The first-order valence-electron chi connectivity index (χ1n) is 6.55. The Kier molecular flexibility index (Phi) is 3.95. The fourth-order valence-corrected chi connectivity index (χ4v) is 2.33. The molecule has 4 N–H and O–H groups in total. The van der Waals surface area contributed by atoms with Crippen LogP contribution in [0.5, 0.6) is 5.75 Å². The molecule has 1 fully saturated rings. The molecule has 1 aromatic rings. The normalized spacial score (nSPS) is 22.8. The number of benzene rings is 1. The van der Waals surface area contributed by atoms with Gasteiger partial charge in [-0.2, -0.15) is 0 Å². The Morgan fingerprint density at radius 1 is 1.47 bits per heavy atom. The van der Waals surface area contributed by atoms with Crippen LogP contribution in [0.25, 0.3) is 0 Å². The summed E-state index contributed by atoms with van der Waals surface area (Å²) in [5.74, 6) is 0.594. The van der Waals surface area contributed by atoms with Crippen molar-refractivity contribution in [1.82, 2.24) is 5.32 Å². The Morgan fingerprint density at radius 3 is 2.84 bits per heavy atom. The lowest BCUT2D eigenvalue weighted by molar-refractivity contribution is -0.122. The van der Waals surface area contributed by atoms with Gasteiger partial charge in [0.2, 0.25) is 5.91 Å². The van der Waals surface area contributed by atoms with Gasteiger partial charge in [0.15, 0.2) is 0 Å². The van der Waals surface area contributed by atoms with Gasteiger partial charge in [0, 0.05) is 5.69 Å². The van der Waals surface area contributed by atoms with E-state index in [0.29, 0.717) is 17.1 Å². The van der Waals surface area contributed by atoms with Crippen molar-refractivity contribution >= 4 is 17.3 Å². The van der Waals surface area contributed by atoms with Crippen molar-refractivity contribution in [3.8, 4) is 5.75 Å². The number of anilines is 2. The number of carbonyl (C=O) groups is 1. The summed E-state index contributed by atoms with van der Waals surface area (Å²) < 4.78 is 5.09. The van der Waals surface area contributed by atoms with Crippen LogP contribution < -0.4 is 21.1 Å². The van der Waals surface area contributed by atoms with E-state index >= 15 is 0 Å². The van der Waals surface area contributed by atoms with E-state index in [-0.39, 0.29) is 5.91 Å². The summed E-state index contributed by atoms with van der Waals surface area (Å²) >= 11 is 0. The zero-order valence-electron chi connectivity index (χ0n) is 11.5. The van der Waals surface area contributed by atoms with E-state index in [2.05, 4.69) is 10.6 Å². The molecule has 1 amide bonds. The lowest BCUT2D eigenvalue weighted by Gasteiger charge is -2.33. The van der Waals surface area contributed by atoms with E-state index in [9.17, 15) is 4.79 Å². The summed E-state index contributed by atoms with van der Waals surface area (Å²) in [6.07, 6.45) is 3.05. The summed E-state index contributed by atoms with van der Waals surface area (Å²) in [5, 5.41) is 6.19. The van der Waals surface area contributed by atoms with Gasteiger partial charge >= 0.3 is 0 Å². The molecule has 0 aliphatic carbocycles. The summed E-state index contributed by atoms with van der Waals surface area (Å²) in [4.78, 5) is 12.3. The number of ether oxygens (including phenoxy) is 1. The fourth-order valence-electron chi connectivity index (χ4n) is 2.33. The molecule has 1 aliphatic heterocycles. The third-order valence-corrected chi connectivity index (χ3v) is 3.61. The standard InChI is InChI=1S/C14H21N3O2/c1-14(7-3-4-8-16-14)13(18)17-10-5-6-12(19-2)11(15)9-10/h5-6,9,16H,3-4,7-8,15H2,1-2H3,(H,17,18). The Hall–Kier alpha value is -1.75. The van der Waals surface area contributed by atoms with Gasteiger partial charge < -0.3 is 21.1 Å². The minimum Gasteiger partial charge on any atom is -0.495 e. The van der Waals surface area contributed by atoms with Gasteiger partial charge in [-0.05, 0) is 50.9 Å². The average Bonchev–Trinajstić information content (AvgIpc) is 2.40. The SMILES string of the molecule is COc1ccc(NC(=O)C2(C)CCCCN2)cc1N. The molecule has 1 saturated heterocycles. The van der Waals surface area contributed by atoms with Crippen molar-refractivity contribution in [1.29, 1.82) is 0 Å². The lowest BCUT2D eigenvalue weighted by Crippen LogP contribution is -2.54. The molecule has 0 bridgehead atoms. The molecule has 5 nitrogen and oxygen atoms in total. The number of nitrogens with one attached hydrogen (secondary N) is 2. The molecule has 5 heteroatoms. The van der Waals surface area contributed by atoms with Gasteiger partial charge in [0.05, 0.1) is 18.3 Å². The molecule has 1 unspecified atom stereocenters. The monoisotopic (exact) mass is 263 g/mol. The summed E-state index contributed by atoms with van der Waals surface area (Å²) in [7, 11) is 1.57. The van der Waals surface area contributed by atoms with Crippen molar-refractivity contribution in [3.63, 3.8) is 0 Å². The predicted molar refractivity (Wildman–Crippen MR) is 76.3 cm³/mol. The maximum atomic E-state index is 12.3. The number of nitrogens with two attached hydrogens (primary N) is 1. The van der Waals surface area contributed by atoms with E-state index in [1.807, 2.05) is 6.92 Å². The first-order chi connectivity index (χ1) is 9.05. The second-order valence-corrected chi connectivity index (χ2v) is 5.13. The van der Waals surface area contributed by atoms with E-state index in [1.165, 1.54) is 0 Å². The number of hydrogen-bond donors (Lipinski definition) is 3. The molecule has 0 saturated carbocycles. The van der Waals surface area contributed by atoms with Gasteiger partial charge in [0.25, 0.3) is 0 Å². The molecule has 0 aromatic heterocycles. The van der Waals surface area contributed by atoms with Crippen molar-refractivity contribution in [2.24, 2.45) is 0 Å². The lowest BCUT2D eigenvalue weighted by atomic mass is 9.90. The van der Waals surface area contributed by atoms with Crippen LogP contribution in [0.3, 0.4) is 0 Å². The highest BCUT2D eigenvalue weighted by Gasteiger charge is 2.34. The van der Waals surface area contributed by atoms with E-state index in [4.69, 9.17) is 10.5 Å². The average molecular weight is 263 g/mol. The highest BCUT2D eigenvalue weighted by molar-refractivity contribution is 5.98. The highest BCUT2D eigenvalue weighted by atomic mass is 16.5. The number of piperidine rings is 1. The van der Waals surface area contributed by atoms with E-state index in [1.54, 1.807) is 25.3 Å². The Bertz CT molecular complexity index is 468. The maximum absolute atomic E-state index is 12.3. The van der Waals surface area contributed by atoms with Crippen LogP contribution >= 0.6 is 0 Å². The number of carbonyl (C=O) groups excluding carboxylic acids is 1. The number of rotatable bonds is 3. The van der Waals surface area contributed by atoms with Gasteiger partial charge in [-0.25, -0.2) is 0 Å². The number of nitrogen functional groups attached to an aromatic ring is 1. The second kappa shape index (κ2) is 5.48. The maximum Gasteiger partial charge on any atom is 0.244 e. The van der Waals surface area contributed by atoms with E-state index < -0.39 is 5.54 Å².